The van der Waals surface area contributed by atoms with Crippen molar-refractivity contribution in [2.45, 2.75) is 46.2 Å². The third kappa shape index (κ3) is 3.48. The minimum absolute atomic E-state index is 0.0156. The molecule has 3 rings (SSSR count). The van der Waals surface area contributed by atoms with E-state index in [0.29, 0.717) is 6.42 Å². The minimum atomic E-state index is -0.0949. The molecule has 0 aliphatic carbocycles. The number of nitrogens with zero attached hydrogens (tertiary/aromatic N) is 3. The van der Waals surface area contributed by atoms with Crippen LogP contribution in [0.15, 0.2) is 30.3 Å². The van der Waals surface area contributed by atoms with E-state index in [9.17, 15) is 4.79 Å². The molecular formula is C18H22N4OS. The first-order valence-corrected chi connectivity index (χ1v) is 8.93. The van der Waals surface area contributed by atoms with Gasteiger partial charge in [0.05, 0.1) is 28.0 Å². The molecule has 6 heteroatoms. The molecule has 0 bridgehead atoms. The van der Waals surface area contributed by atoms with Gasteiger partial charge in [0.1, 0.15) is 5.01 Å². The molecule has 0 unspecified atom stereocenters. The van der Waals surface area contributed by atoms with Crippen molar-refractivity contribution in [3.05, 3.63) is 46.7 Å². The number of aromatic nitrogens is 3. The molecule has 2 heterocycles. The SMILES string of the molecule is Cc1cc(C)n([C@@H](C)CC(=O)N[C@@H](C)c2nc3ccccc3s2)n1. The Labute approximate surface area is 145 Å². The van der Waals surface area contributed by atoms with Gasteiger partial charge in [-0.15, -0.1) is 11.3 Å². The molecule has 0 saturated carbocycles. The Bertz CT molecular complexity index is 834. The number of aryl methyl sites for hydroxylation is 2. The zero-order valence-corrected chi connectivity index (χ0v) is 15.2. The Morgan fingerprint density at radius 1 is 1.29 bits per heavy atom. The summed E-state index contributed by atoms with van der Waals surface area (Å²) in [7, 11) is 0. The third-order valence-electron chi connectivity index (χ3n) is 4.00. The van der Waals surface area contributed by atoms with E-state index in [1.165, 1.54) is 0 Å². The van der Waals surface area contributed by atoms with Gasteiger partial charge in [0.2, 0.25) is 5.91 Å². The Balaban J connectivity index is 1.64. The smallest absolute Gasteiger partial charge is 0.222 e. The van der Waals surface area contributed by atoms with E-state index in [1.807, 2.05) is 56.6 Å². The molecule has 24 heavy (non-hydrogen) atoms. The van der Waals surface area contributed by atoms with E-state index in [1.54, 1.807) is 11.3 Å². The van der Waals surface area contributed by atoms with E-state index in [-0.39, 0.29) is 18.0 Å². The number of nitrogens with one attached hydrogen (secondary N) is 1. The lowest BCUT2D eigenvalue weighted by Crippen LogP contribution is -2.28. The van der Waals surface area contributed by atoms with Crippen LogP contribution in [0.5, 0.6) is 0 Å². The number of thiazole rings is 1. The number of hydrogen-bond donors (Lipinski definition) is 1. The lowest BCUT2D eigenvalue weighted by Gasteiger charge is -2.16. The highest BCUT2D eigenvalue weighted by Crippen LogP contribution is 2.26. The first-order chi connectivity index (χ1) is 11.4. The van der Waals surface area contributed by atoms with Gasteiger partial charge in [-0.25, -0.2) is 4.98 Å². The van der Waals surface area contributed by atoms with Gasteiger partial charge in [-0.2, -0.15) is 5.10 Å². The number of hydrogen-bond acceptors (Lipinski definition) is 4. The predicted molar refractivity (Wildman–Crippen MR) is 97.2 cm³/mol. The van der Waals surface area contributed by atoms with E-state index in [4.69, 9.17) is 0 Å². The quantitative estimate of drug-likeness (QED) is 0.764. The first kappa shape index (κ1) is 16.6. The van der Waals surface area contributed by atoms with Crippen LogP contribution in [0.2, 0.25) is 0 Å². The highest BCUT2D eigenvalue weighted by Gasteiger charge is 2.18. The van der Waals surface area contributed by atoms with Gasteiger partial charge in [-0.05, 0) is 45.9 Å². The van der Waals surface area contributed by atoms with Crippen molar-refractivity contribution in [2.75, 3.05) is 0 Å². The van der Waals surface area contributed by atoms with Crippen molar-refractivity contribution in [1.29, 1.82) is 0 Å². The Kier molecular flexibility index (Phi) is 4.66. The maximum absolute atomic E-state index is 12.4. The van der Waals surface area contributed by atoms with Crippen LogP contribution in [-0.2, 0) is 4.79 Å². The summed E-state index contributed by atoms with van der Waals surface area (Å²) < 4.78 is 3.06. The highest BCUT2D eigenvalue weighted by molar-refractivity contribution is 7.18. The van der Waals surface area contributed by atoms with Gasteiger partial charge in [-0.3, -0.25) is 9.48 Å². The summed E-state index contributed by atoms with van der Waals surface area (Å²) in [4.78, 5) is 17.0. The number of fused-ring (bicyclic) bond motifs is 1. The lowest BCUT2D eigenvalue weighted by molar-refractivity contribution is -0.122. The van der Waals surface area contributed by atoms with Crippen LogP contribution in [0.1, 0.15) is 48.7 Å². The van der Waals surface area contributed by atoms with Crippen molar-refractivity contribution in [3.63, 3.8) is 0 Å². The minimum Gasteiger partial charge on any atom is -0.347 e. The summed E-state index contributed by atoms with van der Waals surface area (Å²) in [5, 5.41) is 8.44. The van der Waals surface area contributed by atoms with Crippen molar-refractivity contribution in [2.24, 2.45) is 0 Å². The van der Waals surface area contributed by atoms with Crippen molar-refractivity contribution < 1.29 is 4.79 Å². The van der Waals surface area contributed by atoms with Gasteiger partial charge in [-0.1, -0.05) is 12.1 Å². The van der Waals surface area contributed by atoms with Crippen molar-refractivity contribution >= 4 is 27.5 Å². The molecule has 126 valence electrons. The summed E-state index contributed by atoms with van der Waals surface area (Å²) in [6.07, 6.45) is 0.400. The van der Waals surface area contributed by atoms with Crippen molar-refractivity contribution in [1.82, 2.24) is 20.1 Å². The largest absolute Gasteiger partial charge is 0.347 e. The Morgan fingerprint density at radius 3 is 2.71 bits per heavy atom. The molecule has 0 saturated heterocycles. The Hall–Kier alpha value is -2.21. The summed E-state index contributed by atoms with van der Waals surface area (Å²) in [5.74, 6) is 0.0156. The fourth-order valence-corrected chi connectivity index (χ4v) is 3.85. The monoisotopic (exact) mass is 342 g/mol. The predicted octanol–water partition coefficient (Wildman–Crippen LogP) is 3.94. The molecular weight excluding hydrogens is 320 g/mol. The fraction of sp³-hybridized carbons (Fsp3) is 0.389. The summed E-state index contributed by atoms with van der Waals surface area (Å²) >= 11 is 1.63. The van der Waals surface area contributed by atoms with Gasteiger partial charge in [0.25, 0.3) is 0 Å². The van der Waals surface area contributed by atoms with Crippen LogP contribution in [0.4, 0.5) is 0 Å². The number of para-hydroxylation sites is 1. The van der Waals surface area contributed by atoms with Gasteiger partial charge < -0.3 is 5.32 Å². The standard InChI is InChI=1S/C18H22N4OS/c1-11-9-12(2)22(21-11)13(3)10-17(23)19-14(4)18-20-15-7-5-6-8-16(15)24-18/h5-9,13-14H,10H2,1-4H3,(H,19,23)/t13-,14-/m0/s1. The van der Waals surface area contributed by atoms with Crippen LogP contribution >= 0.6 is 11.3 Å². The van der Waals surface area contributed by atoms with E-state index < -0.39 is 0 Å². The molecule has 1 amide bonds. The topological polar surface area (TPSA) is 59.8 Å². The summed E-state index contributed by atoms with van der Waals surface area (Å²) in [5.41, 5.74) is 3.03. The lowest BCUT2D eigenvalue weighted by atomic mass is 10.2. The zero-order valence-electron chi connectivity index (χ0n) is 14.4. The highest BCUT2D eigenvalue weighted by atomic mass is 32.1. The van der Waals surface area contributed by atoms with Crippen LogP contribution in [-0.4, -0.2) is 20.7 Å². The van der Waals surface area contributed by atoms with Gasteiger partial charge in [0.15, 0.2) is 0 Å². The maximum atomic E-state index is 12.4. The van der Waals surface area contributed by atoms with Crippen LogP contribution < -0.4 is 5.32 Å². The zero-order chi connectivity index (χ0) is 17.3. The normalized spacial score (nSPS) is 13.8. The van der Waals surface area contributed by atoms with E-state index in [2.05, 4.69) is 21.5 Å². The van der Waals surface area contributed by atoms with Crippen LogP contribution in [0, 0.1) is 13.8 Å². The molecule has 0 spiro atoms. The first-order valence-electron chi connectivity index (χ1n) is 8.11. The average Bonchev–Trinajstić information content (AvgIpc) is 3.09. The molecule has 0 aliphatic rings. The second kappa shape index (κ2) is 6.73. The van der Waals surface area contributed by atoms with Crippen LogP contribution in [0.25, 0.3) is 10.2 Å². The molecule has 1 aromatic carbocycles. The fourth-order valence-electron chi connectivity index (χ4n) is 2.88. The molecule has 5 nitrogen and oxygen atoms in total. The second-order valence-corrected chi connectivity index (χ2v) is 7.30. The molecule has 3 aromatic rings. The molecule has 0 radical (unpaired) electrons. The molecule has 2 aromatic heterocycles. The number of carbonyl (C=O) groups is 1. The van der Waals surface area contributed by atoms with Gasteiger partial charge >= 0.3 is 0 Å². The molecule has 0 fully saturated rings. The molecule has 0 aliphatic heterocycles. The number of carbonyl (C=O) groups excluding carboxylic acids is 1. The van der Waals surface area contributed by atoms with Crippen LogP contribution in [0.3, 0.4) is 0 Å². The number of rotatable bonds is 5. The summed E-state index contributed by atoms with van der Waals surface area (Å²) in [6, 6.07) is 9.99. The maximum Gasteiger partial charge on any atom is 0.222 e. The number of benzene rings is 1. The Morgan fingerprint density at radius 2 is 2.04 bits per heavy atom. The molecule has 2 atom stereocenters. The average molecular weight is 342 g/mol. The van der Waals surface area contributed by atoms with E-state index in [0.717, 1.165) is 26.6 Å². The van der Waals surface area contributed by atoms with E-state index >= 15 is 0 Å². The van der Waals surface area contributed by atoms with Gasteiger partial charge in [0, 0.05) is 12.1 Å². The number of amides is 1. The summed E-state index contributed by atoms with van der Waals surface area (Å²) in [6.45, 7) is 7.97. The molecule has 1 N–H and O–H groups in total. The second-order valence-electron chi connectivity index (χ2n) is 6.23. The van der Waals surface area contributed by atoms with Crippen molar-refractivity contribution in [3.8, 4) is 0 Å². The third-order valence-corrected chi connectivity index (χ3v) is 5.22.